The quantitative estimate of drug-likeness (QED) is 0.312. The number of hydrogen-bond donors (Lipinski definition) is 1. The normalized spacial score (nSPS) is 17.2. The summed E-state index contributed by atoms with van der Waals surface area (Å²) < 4.78 is 66.5. The summed E-state index contributed by atoms with van der Waals surface area (Å²) in [6.07, 6.45) is 4.91. The number of halogens is 2. The largest absolute Gasteiger partial charge is 0.497 e. The van der Waals surface area contributed by atoms with Gasteiger partial charge in [0.25, 0.3) is 10.0 Å². The van der Waals surface area contributed by atoms with Crippen LogP contribution in [0, 0.1) is 11.7 Å². The van der Waals surface area contributed by atoms with Crippen molar-refractivity contribution in [2.45, 2.75) is 42.9 Å². The smallest absolute Gasteiger partial charge is 0.269 e. The predicted octanol–water partition coefficient (Wildman–Crippen LogP) is 5.69. The van der Waals surface area contributed by atoms with Crippen LogP contribution in [0.4, 0.5) is 15.2 Å². The summed E-state index contributed by atoms with van der Waals surface area (Å²) in [4.78, 5) is 3.64. The van der Waals surface area contributed by atoms with Crippen LogP contribution < -0.4 is 19.1 Å². The summed E-state index contributed by atoms with van der Waals surface area (Å²) in [5.74, 6) is -0.0478. The second-order valence-electron chi connectivity index (χ2n) is 9.70. The molecule has 1 N–H and O–H groups in total. The molecule has 9 nitrogen and oxygen atoms in total. The van der Waals surface area contributed by atoms with Crippen molar-refractivity contribution in [3.63, 3.8) is 0 Å². The van der Waals surface area contributed by atoms with Crippen LogP contribution in [0.2, 0.25) is 5.02 Å². The lowest BCUT2D eigenvalue weighted by Gasteiger charge is -2.35. The Bertz CT molecular complexity index is 1420. The molecule has 0 bridgehead atoms. The van der Waals surface area contributed by atoms with Crippen molar-refractivity contribution in [2.24, 2.45) is 5.92 Å². The number of rotatable bonds is 10. The summed E-state index contributed by atoms with van der Waals surface area (Å²) >= 11 is 7.62. The Balaban J connectivity index is 1.35. The molecule has 13 heteroatoms. The third-order valence-corrected chi connectivity index (χ3v) is 10.3. The molecule has 40 heavy (non-hydrogen) atoms. The molecule has 2 aliphatic rings. The minimum absolute atomic E-state index is 0.107. The molecule has 2 aromatic carbocycles. The molecule has 0 atom stereocenters. The highest BCUT2D eigenvalue weighted by Crippen LogP contribution is 2.39. The fourth-order valence-electron chi connectivity index (χ4n) is 5.07. The number of nitrogens with zero attached hydrogens (tertiary/aromatic N) is 2. The summed E-state index contributed by atoms with van der Waals surface area (Å²) in [5.41, 5.74) is 0.888. The molecule has 1 aliphatic heterocycles. The van der Waals surface area contributed by atoms with Gasteiger partial charge in [0, 0.05) is 42.6 Å². The number of ether oxygens (including phenoxy) is 4. The molecule has 1 spiro atoms. The van der Waals surface area contributed by atoms with Gasteiger partial charge in [-0.15, -0.1) is 11.3 Å². The first-order valence-corrected chi connectivity index (χ1v) is 15.6. The van der Waals surface area contributed by atoms with Gasteiger partial charge < -0.3 is 24.3 Å². The predicted molar refractivity (Wildman–Crippen MR) is 152 cm³/mol. The first kappa shape index (κ1) is 28.9. The first-order chi connectivity index (χ1) is 19.2. The SMILES string of the molecule is COc1ccc(CN(c2nccs2)S(=O)(=O)c2cc(Cl)c(NCC3CCC4(CC3)OCCO4)cc2F)c(OC)c1. The van der Waals surface area contributed by atoms with Crippen LogP contribution in [0.1, 0.15) is 31.2 Å². The van der Waals surface area contributed by atoms with Gasteiger partial charge in [-0.3, -0.25) is 0 Å². The molecule has 0 amide bonds. The number of aromatic nitrogens is 1. The summed E-state index contributed by atoms with van der Waals surface area (Å²) in [5, 5.41) is 5.14. The van der Waals surface area contributed by atoms with Gasteiger partial charge in [0.15, 0.2) is 10.9 Å². The van der Waals surface area contributed by atoms with E-state index in [9.17, 15) is 8.42 Å². The Morgan fingerprint density at radius 1 is 1.18 bits per heavy atom. The van der Waals surface area contributed by atoms with E-state index in [0.717, 1.165) is 53.5 Å². The monoisotopic (exact) mass is 611 g/mol. The van der Waals surface area contributed by atoms with E-state index in [0.29, 0.717) is 48.4 Å². The second kappa shape index (κ2) is 12.1. The van der Waals surface area contributed by atoms with Crippen molar-refractivity contribution in [1.82, 2.24) is 4.98 Å². The zero-order chi connectivity index (χ0) is 28.3. The maximum atomic E-state index is 15.5. The fraction of sp³-hybridized carbons (Fsp3) is 0.444. The number of methoxy groups -OCH3 is 2. The molecule has 1 aromatic heterocycles. The van der Waals surface area contributed by atoms with E-state index in [1.807, 2.05) is 0 Å². The molecule has 5 rings (SSSR count). The summed E-state index contributed by atoms with van der Waals surface area (Å²) in [7, 11) is -1.40. The van der Waals surface area contributed by atoms with E-state index in [2.05, 4.69) is 10.3 Å². The van der Waals surface area contributed by atoms with Crippen LogP contribution in [0.3, 0.4) is 0 Å². The number of sulfonamides is 1. The van der Waals surface area contributed by atoms with E-state index >= 15 is 4.39 Å². The number of thiazole rings is 1. The van der Waals surface area contributed by atoms with Crippen LogP contribution in [-0.2, 0) is 26.0 Å². The van der Waals surface area contributed by atoms with Gasteiger partial charge in [-0.05, 0) is 43.0 Å². The molecule has 0 radical (unpaired) electrons. The minimum Gasteiger partial charge on any atom is -0.497 e. The van der Waals surface area contributed by atoms with Crippen molar-refractivity contribution in [3.05, 3.63) is 58.3 Å². The van der Waals surface area contributed by atoms with Gasteiger partial charge in [-0.2, -0.15) is 0 Å². The maximum absolute atomic E-state index is 15.5. The van der Waals surface area contributed by atoms with E-state index in [1.54, 1.807) is 23.6 Å². The van der Waals surface area contributed by atoms with Crippen molar-refractivity contribution < 1.29 is 31.8 Å². The Morgan fingerprint density at radius 3 is 2.58 bits per heavy atom. The van der Waals surface area contributed by atoms with Gasteiger partial charge in [-0.25, -0.2) is 22.1 Å². The van der Waals surface area contributed by atoms with Crippen molar-refractivity contribution in [2.75, 3.05) is 43.6 Å². The number of anilines is 2. The number of benzene rings is 2. The zero-order valence-corrected chi connectivity index (χ0v) is 24.6. The lowest BCUT2D eigenvalue weighted by Crippen LogP contribution is -2.36. The van der Waals surface area contributed by atoms with Crippen molar-refractivity contribution in [1.29, 1.82) is 0 Å². The van der Waals surface area contributed by atoms with Gasteiger partial charge in [-0.1, -0.05) is 11.6 Å². The van der Waals surface area contributed by atoms with Crippen LogP contribution in [0.25, 0.3) is 0 Å². The van der Waals surface area contributed by atoms with Crippen molar-refractivity contribution in [3.8, 4) is 11.5 Å². The molecular formula is C27H31ClFN3O6S2. The molecule has 2 heterocycles. The first-order valence-electron chi connectivity index (χ1n) is 12.9. The lowest BCUT2D eigenvalue weighted by molar-refractivity contribution is -0.181. The van der Waals surface area contributed by atoms with Gasteiger partial charge in [0.05, 0.1) is 44.7 Å². The average Bonchev–Trinajstić information content (AvgIpc) is 3.65. The summed E-state index contributed by atoms with van der Waals surface area (Å²) in [6, 6.07) is 7.33. The molecule has 0 unspecified atom stereocenters. The van der Waals surface area contributed by atoms with Gasteiger partial charge in [0.1, 0.15) is 22.2 Å². The molecule has 2 fully saturated rings. The zero-order valence-electron chi connectivity index (χ0n) is 22.2. The van der Waals surface area contributed by atoms with E-state index in [1.165, 1.54) is 20.4 Å². The summed E-state index contributed by atoms with van der Waals surface area (Å²) in [6.45, 7) is 1.68. The highest BCUT2D eigenvalue weighted by Gasteiger charge is 2.40. The van der Waals surface area contributed by atoms with Crippen LogP contribution >= 0.6 is 22.9 Å². The van der Waals surface area contributed by atoms with E-state index in [-0.39, 0.29) is 16.7 Å². The number of hydrogen-bond acceptors (Lipinski definition) is 9. The molecule has 216 valence electrons. The molecule has 3 aromatic rings. The van der Waals surface area contributed by atoms with E-state index < -0.39 is 26.5 Å². The standard InChI is InChI=1S/C27H31ClFN3O6S2/c1-35-20-4-3-19(24(13-20)36-2)17-32(26-30-9-12-39-26)40(33,34)25-14-21(28)23(15-22(25)29)31-16-18-5-7-27(8-6-18)37-10-11-38-27/h3-4,9,12-15,18,31H,5-8,10-11,16-17H2,1-2H3. The molecule has 1 saturated heterocycles. The molecular weight excluding hydrogens is 581 g/mol. The van der Waals surface area contributed by atoms with Crippen LogP contribution in [0.15, 0.2) is 46.8 Å². The van der Waals surface area contributed by atoms with E-state index in [4.69, 9.17) is 30.5 Å². The third kappa shape index (κ3) is 6.01. The van der Waals surface area contributed by atoms with Crippen LogP contribution in [0.5, 0.6) is 11.5 Å². The lowest BCUT2D eigenvalue weighted by atomic mass is 9.85. The Labute approximate surface area is 242 Å². The van der Waals surface area contributed by atoms with Crippen molar-refractivity contribution >= 4 is 43.8 Å². The number of nitrogens with one attached hydrogen (secondary N) is 1. The highest BCUT2D eigenvalue weighted by molar-refractivity contribution is 7.93. The van der Waals surface area contributed by atoms with Crippen LogP contribution in [-0.4, -0.2) is 53.2 Å². The van der Waals surface area contributed by atoms with Gasteiger partial charge >= 0.3 is 0 Å². The second-order valence-corrected chi connectivity index (χ2v) is 12.8. The third-order valence-electron chi connectivity index (χ3n) is 7.29. The topological polar surface area (TPSA) is 99.2 Å². The molecule has 1 saturated carbocycles. The average molecular weight is 612 g/mol. The van der Waals surface area contributed by atoms with Gasteiger partial charge in [0.2, 0.25) is 0 Å². The Hall–Kier alpha value is -2.64. The Kier molecular flexibility index (Phi) is 8.72. The Morgan fingerprint density at radius 2 is 1.93 bits per heavy atom. The molecule has 1 aliphatic carbocycles. The highest BCUT2D eigenvalue weighted by atomic mass is 35.5. The minimum atomic E-state index is -4.40. The maximum Gasteiger partial charge on any atom is 0.269 e. The fourth-order valence-corrected chi connectivity index (χ4v) is 7.71.